The lowest BCUT2D eigenvalue weighted by Gasteiger charge is -2.32. The number of nitrogens with zero attached hydrogens (tertiary/aromatic N) is 9. The van der Waals surface area contributed by atoms with Crippen molar-refractivity contribution in [1.29, 1.82) is 0 Å². The first-order valence-electron chi connectivity index (χ1n) is 47.1. The molecule has 0 fully saturated rings. The van der Waals surface area contributed by atoms with Gasteiger partial charge >= 0.3 is 0 Å². The highest BCUT2D eigenvalue weighted by Crippen LogP contribution is 2.64. The highest BCUT2D eigenvalue weighted by molar-refractivity contribution is 8.01. The minimum atomic E-state index is 0.454. The fourth-order valence-corrected chi connectivity index (χ4v) is 27.4. The SMILES string of the molecule is [2H]c1cc2ccccc2c2c1SN(c1nc(-c3ccccc3)c3ccccc3n1)c1c-2c2cccc([2H])c2c2c1sc1ccccc12.[2H]c1cc2ccccc2c2c1SN(c1nc(-c3ccccc3)c3ccccc3n1)c1c-2c2ccccc2c2c1sc1c([2H])cccc12.[2H]c1cccc2c1sc1c3c(c4ccccc4c12)-c1c(ccc2ccccc12)SN3c1nc(-c2ccccc2)c2ccccc2n1. The molecule has 15 heteroatoms. The summed E-state index contributed by atoms with van der Waals surface area (Å²) in [5.41, 5.74) is 18.0. The molecule has 0 bridgehead atoms. The van der Waals surface area contributed by atoms with Crippen LogP contribution in [0.2, 0.25) is 0 Å². The number of rotatable bonds is 6. The van der Waals surface area contributed by atoms with Crippen molar-refractivity contribution >= 4 is 263 Å². The molecule has 135 heavy (non-hydrogen) atoms. The van der Waals surface area contributed by atoms with Crippen LogP contribution in [-0.2, 0) is 0 Å². The zero-order valence-electron chi connectivity index (χ0n) is 76.4. The second kappa shape index (κ2) is 31.5. The van der Waals surface area contributed by atoms with Crippen LogP contribution in [0.25, 0.3) is 225 Å². The molecule has 630 valence electrons. The van der Waals surface area contributed by atoms with E-state index in [1.807, 2.05) is 146 Å². The fourth-order valence-electron chi connectivity index (χ4n) is 20.4. The molecule has 9 nitrogen and oxygen atoms in total. The zero-order valence-corrected chi connectivity index (χ0v) is 76.3. The van der Waals surface area contributed by atoms with Crippen LogP contribution in [0.15, 0.2) is 433 Å². The number of fused-ring (bicyclic) bond motifs is 39. The number of thiophene rings is 3. The van der Waals surface area contributed by atoms with Gasteiger partial charge in [-0.25, -0.2) is 42.8 Å². The van der Waals surface area contributed by atoms with E-state index in [0.717, 1.165) is 214 Å². The van der Waals surface area contributed by atoms with Crippen LogP contribution < -0.4 is 12.9 Å². The van der Waals surface area contributed by atoms with Crippen LogP contribution in [0.1, 0.15) is 6.85 Å². The first kappa shape index (κ1) is 72.9. The van der Waals surface area contributed by atoms with Gasteiger partial charge in [-0.3, -0.25) is 0 Å². The van der Waals surface area contributed by atoms with Gasteiger partial charge < -0.3 is 0 Å². The molecule has 0 saturated carbocycles. The highest BCUT2D eigenvalue weighted by atomic mass is 32.2. The summed E-state index contributed by atoms with van der Waals surface area (Å²) in [5, 5.41) is 23.0. The maximum atomic E-state index is 9.31. The monoisotopic (exact) mass is 1830 g/mol. The van der Waals surface area contributed by atoms with Crippen LogP contribution >= 0.6 is 69.9 Å². The summed E-state index contributed by atoms with van der Waals surface area (Å²) in [5.74, 6) is 1.77. The summed E-state index contributed by atoms with van der Waals surface area (Å²) in [6.45, 7) is 0. The van der Waals surface area contributed by atoms with E-state index in [9.17, 15) is 4.11 Å². The molecule has 0 aliphatic carbocycles. The summed E-state index contributed by atoms with van der Waals surface area (Å²) >= 11 is 9.84. The largest absolute Gasteiger partial charge is 0.246 e. The highest BCUT2D eigenvalue weighted by Gasteiger charge is 2.39. The number of para-hydroxylation sites is 3. The minimum absolute atomic E-state index is 0.454. The average Bonchev–Trinajstić information content (AvgIpc) is 1.76. The van der Waals surface area contributed by atoms with Crippen LogP contribution in [0.3, 0.4) is 0 Å². The van der Waals surface area contributed by atoms with Gasteiger partial charge in [-0.2, -0.15) is 0 Å². The smallest absolute Gasteiger partial charge is 0.241 e. The van der Waals surface area contributed by atoms with Crippen molar-refractivity contribution in [2.24, 2.45) is 0 Å². The zero-order chi connectivity index (χ0) is 92.8. The van der Waals surface area contributed by atoms with Crippen molar-refractivity contribution in [1.82, 2.24) is 29.9 Å². The first-order chi connectivity index (χ1) is 69.0. The maximum absolute atomic E-state index is 9.31. The lowest BCUT2D eigenvalue weighted by atomic mass is 9.90. The van der Waals surface area contributed by atoms with E-state index in [0.29, 0.717) is 48.1 Å². The number of hydrogen-bond donors (Lipinski definition) is 0. The molecule has 0 radical (unpaired) electrons. The Morgan fingerprint density at radius 1 is 0.193 bits per heavy atom. The third-order valence-corrected chi connectivity index (χ3v) is 32.8. The fraction of sp³-hybridized carbons (Fsp3) is 0. The molecule has 0 N–H and O–H groups in total. The van der Waals surface area contributed by atoms with Crippen molar-refractivity contribution in [2.45, 2.75) is 14.7 Å². The van der Waals surface area contributed by atoms with Gasteiger partial charge in [0.1, 0.15) is 0 Å². The molecule has 21 aromatic carbocycles. The Morgan fingerprint density at radius 2 is 0.481 bits per heavy atom. The molecular weight excluding hydrogens is 1760 g/mol. The lowest BCUT2D eigenvalue weighted by Crippen LogP contribution is -2.16. The van der Waals surface area contributed by atoms with Crippen molar-refractivity contribution in [2.75, 3.05) is 12.9 Å². The van der Waals surface area contributed by atoms with Gasteiger partial charge in [0.15, 0.2) is 0 Å². The molecule has 0 spiro atoms. The van der Waals surface area contributed by atoms with Crippen LogP contribution in [0, 0.1) is 0 Å². The van der Waals surface area contributed by atoms with Crippen molar-refractivity contribution in [3.8, 4) is 67.2 Å². The third-order valence-electron chi connectivity index (χ3n) is 26.2. The Balaban J connectivity index is 0.000000103. The predicted molar refractivity (Wildman–Crippen MR) is 578 cm³/mol. The van der Waals surface area contributed by atoms with Gasteiger partial charge in [0.05, 0.1) is 71.6 Å². The molecular formula is C120H69N9S6. The van der Waals surface area contributed by atoms with E-state index in [2.05, 4.69) is 256 Å². The van der Waals surface area contributed by atoms with Gasteiger partial charge in [-0.05, 0) is 155 Å². The minimum Gasteiger partial charge on any atom is -0.246 e. The van der Waals surface area contributed by atoms with E-state index < -0.39 is 0 Å². The molecule has 9 heterocycles. The standard InChI is InChI=1S/3C40H23N3S2/c3*1-2-13-25(14-3-1)37-29-18-8-10-20-31(29)41-40(42-37)43-38-36(35-26-15-5-4-12-24(26)22-23-33(35)45-43)28-17-7-6-16-27(28)34-30-19-9-11-21-32(30)44-39(34)38/h3*1-23H/i21D,23D;16D,23D;21D. The van der Waals surface area contributed by atoms with Gasteiger partial charge in [0.2, 0.25) is 17.8 Å². The number of hydrogen-bond acceptors (Lipinski definition) is 15. The Kier molecular flexibility index (Phi) is 17.0. The topological polar surface area (TPSA) is 87.1 Å². The second-order valence-corrected chi connectivity index (χ2v) is 39.7. The van der Waals surface area contributed by atoms with E-state index in [1.54, 1.807) is 46.0 Å². The Bertz CT molecular complexity index is 9890. The third kappa shape index (κ3) is 12.4. The summed E-state index contributed by atoms with van der Waals surface area (Å²) in [6, 6.07) is 136. The van der Waals surface area contributed by atoms with E-state index in [-0.39, 0.29) is 0 Å². The van der Waals surface area contributed by atoms with E-state index >= 15 is 0 Å². The summed E-state index contributed by atoms with van der Waals surface area (Å²) in [4.78, 5) is 34.5. The predicted octanol–water partition coefficient (Wildman–Crippen LogP) is 35.4. The molecule has 3 aliphatic rings. The van der Waals surface area contributed by atoms with Gasteiger partial charge in [0.25, 0.3) is 0 Å². The van der Waals surface area contributed by atoms with E-state index in [4.69, 9.17) is 32.6 Å². The molecule has 27 aromatic rings. The Hall–Kier alpha value is -15.7. The van der Waals surface area contributed by atoms with Crippen LogP contribution in [0.4, 0.5) is 34.9 Å². The van der Waals surface area contributed by atoms with Gasteiger partial charge in [0, 0.05) is 127 Å². The average molecular weight is 1830 g/mol. The Morgan fingerprint density at radius 3 is 0.896 bits per heavy atom. The summed E-state index contributed by atoms with van der Waals surface area (Å²) in [7, 11) is 0. The molecule has 0 unspecified atom stereocenters. The molecule has 3 aliphatic heterocycles. The first-order valence-corrected chi connectivity index (χ1v) is 49.4. The van der Waals surface area contributed by atoms with Crippen molar-refractivity contribution < 1.29 is 6.85 Å². The lowest BCUT2D eigenvalue weighted by molar-refractivity contribution is 1.17. The normalized spacial score (nSPS) is 13.3. The van der Waals surface area contributed by atoms with Gasteiger partial charge in [-0.15, -0.1) is 34.0 Å². The molecule has 30 rings (SSSR count). The number of anilines is 6. The summed E-state index contributed by atoms with van der Waals surface area (Å²) < 4.78 is 58.6. The van der Waals surface area contributed by atoms with Crippen LogP contribution in [-0.4, -0.2) is 29.9 Å². The Labute approximate surface area is 806 Å². The van der Waals surface area contributed by atoms with Crippen molar-refractivity contribution in [3.05, 3.63) is 418 Å². The van der Waals surface area contributed by atoms with Crippen LogP contribution in [0.5, 0.6) is 0 Å². The van der Waals surface area contributed by atoms with Crippen molar-refractivity contribution in [3.63, 3.8) is 0 Å². The van der Waals surface area contributed by atoms with Gasteiger partial charge in [-0.1, -0.05) is 364 Å². The molecule has 0 saturated heterocycles. The number of aromatic nitrogens is 6. The quantitative estimate of drug-likeness (QED) is 0.149. The van der Waals surface area contributed by atoms with E-state index in [1.165, 1.54) is 66.7 Å². The number of benzene rings is 21. The second-order valence-electron chi connectivity index (χ2n) is 33.7. The molecule has 6 aromatic heterocycles. The maximum Gasteiger partial charge on any atom is 0.241 e. The summed E-state index contributed by atoms with van der Waals surface area (Å²) in [6.07, 6.45) is 0. The molecule has 0 atom stereocenters. The molecule has 0 amide bonds.